The van der Waals surface area contributed by atoms with Crippen molar-refractivity contribution in [3.05, 3.63) is 80.7 Å². The Morgan fingerprint density at radius 1 is 1.02 bits per heavy atom. The molecule has 0 bridgehead atoms. The Morgan fingerprint density at radius 3 is 2.36 bits per heavy atom. The van der Waals surface area contributed by atoms with Crippen molar-refractivity contribution in [1.82, 2.24) is 34.4 Å². The molecule has 2 heterocycles. The average Bonchev–Trinajstić information content (AvgIpc) is 3.48. The molecule has 0 aliphatic carbocycles. The van der Waals surface area contributed by atoms with Crippen molar-refractivity contribution in [3.8, 4) is 17.1 Å². The van der Waals surface area contributed by atoms with E-state index in [1.165, 1.54) is 42.5 Å². The molecule has 0 unspecified atom stereocenters. The first-order chi connectivity index (χ1) is 19.6. The zero-order valence-corrected chi connectivity index (χ0v) is 22.5. The van der Waals surface area contributed by atoms with E-state index in [2.05, 4.69) is 20.5 Å². The van der Waals surface area contributed by atoms with Crippen LogP contribution in [0.1, 0.15) is 22.6 Å². The zero-order chi connectivity index (χ0) is 30.8. The Bertz CT molecular complexity index is 1630. The number of para-hydroxylation sites is 1. The Hall–Kier alpha value is -3.89. The van der Waals surface area contributed by atoms with Crippen LogP contribution in [0.25, 0.3) is 17.1 Å². The summed E-state index contributed by atoms with van der Waals surface area (Å²) in [7, 11) is 0. The van der Waals surface area contributed by atoms with Gasteiger partial charge in [-0.15, -0.1) is 10.2 Å². The molecule has 0 saturated heterocycles. The molecular formula is C24H19Cl2F6N7O3. The van der Waals surface area contributed by atoms with Gasteiger partial charge in [0.2, 0.25) is 0 Å². The van der Waals surface area contributed by atoms with Crippen LogP contribution in [0, 0.1) is 0 Å². The van der Waals surface area contributed by atoms with Gasteiger partial charge in [0.15, 0.2) is 17.8 Å². The second kappa shape index (κ2) is 12.1. The van der Waals surface area contributed by atoms with E-state index < -0.39 is 56.1 Å². The quantitative estimate of drug-likeness (QED) is 0.265. The molecule has 0 saturated carbocycles. The first-order valence-corrected chi connectivity index (χ1v) is 12.6. The maximum Gasteiger partial charge on any atom is 0.416 e. The van der Waals surface area contributed by atoms with E-state index in [0.29, 0.717) is 9.59 Å². The minimum absolute atomic E-state index is 0.00234. The Balaban J connectivity index is 1.65. The number of rotatable bonds is 9. The smallest absolute Gasteiger partial charge is 0.382 e. The number of benzene rings is 2. The van der Waals surface area contributed by atoms with Crippen LogP contribution in [0.2, 0.25) is 10.0 Å². The van der Waals surface area contributed by atoms with Gasteiger partial charge in [0.25, 0.3) is 5.91 Å². The molecule has 0 fully saturated rings. The number of hydrogen-bond donors (Lipinski definition) is 2. The van der Waals surface area contributed by atoms with Gasteiger partial charge >= 0.3 is 18.0 Å². The Kier molecular flexibility index (Phi) is 8.98. The van der Waals surface area contributed by atoms with E-state index in [-0.39, 0.29) is 33.5 Å². The lowest BCUT2D eigenvalue weighted by molar-refractivity contribution is -0.207. The van der Waals surface area contributed by atoms with Crippen LogP contribution < -0.4 is 11.0 Å². The molecular weight excluding hydrogens is 619 g/mol. The second-order valence-electron chi connectivity index (χ2n) is 8.80. The number of aliphatic hydroxyl groups excluding tert-OH is 1. The molecule has 10 nitrogen and oxygen atoms in total. The Labute approximate surface area is 242 Å². The molecule has 4 rings (SSSR count). The van der Waals surface area contributed by atoms with Crippen LogP contribution in [-0.2, 0) is 13.1 Å². The largest absolute Gasteiger partial charge is 0.416 e. The van der Waals surface area contributed by atoms with E-state index >= 15 is 0 Å². The van der Waals surface area contributed by atoms with Crippen molar-refractivity contribution < 1.29 is 36.2 Å². The van der Waals surface area contributed by atoms with Crippen molar-refractivity contribution in [2.75, 3.05) is 6.54 Å². The average molecular weight is 638 g/mol. The molecule has 42 heavy (non-hydrogen) atoms. The summed E-state index contributed by atoms with van der Waals surface area (Å²) in [5.74, 6) is -1.13. The summed E-state index contributed by atoms with van der Waals surface area (Å²) in [5.41, 5.74) is -0.911. The molecule has 2 aromatic carbocycles. The number of carbonyl (C=O) groups is 1. The van der Waals surface area contributed by atoms with Gasteiger partial charge in [0, 0.05) is 17.1 Å². The van der Waals surface area contributed by atoms with Crippen molar-refractivity contribution in [2.24, 2.45) is 0 Å². The molecule has 0 aliphatic heterocycles. The van der Waals surface area contributed by atoms with Crippen LogP contribution in [0.15, 0.2) is 53.6 Å². The van der Waals surface area contributed by atoms with Gasteiger partial charge in [-0.25, -0.2) is 19.1 Å². The number of aromatic nitrogens is 6. The monoisotopic (exact) mass is 637 g/mol. The van der Waals surface area contributed by atoms with Crippen LogP contribution in [0.3, 0.4) is 0 Å². The van der Waals surface area contributed by atoms with Crippen molar-refractivity contribution in [3.63, 3.8) is 0 Å². The van der Waals surface area contributed by atoms with E-state index in [0.717, 1.165) is 15.7 Å². The van der Waals surface area contributed by atoms with Gasteiger partial charge < -0.3 is 10.4 Å². The highest BCUT2D eigenvalue weighted by molar-refractivity contribution is 6.33. The molecule has 0 radical (unpaired) electrons. The fourth-order valence-corrected chi connectivity index (χ4v) is 4.14. The highest BCUT2D eigenvalue weighted by Crippen LogP contribution is 2.26. The number of alkyl halides is 6. The third-order valence-electron chi connectivity index (χ3n) is 5.74. The number of nitrogens with zero attached hydrogens (tertiary/aromatic N) is 6. The Morgan fingerprint density at radius 2 is 1.71 bits per heavy atom. The van der Waals surface area contributed by atoms with Crippen molar-refractivity contribution >= 4 is 29.1 Å². The molecule has 1 atom stereocenters. The molecule has 0 aliphatic rings. The van der Waals surface area contributed by atoms with Crippen LogP contribution in [0.5, 0.6) is 0 Å². The summed E-state index contributed by atoms with van der Waals surface area (Å²) in [5, 5.41) is 20.4. The third-order valence-corrected chi connectivity index (χ3v) is 6.30. The number of nitrogens with one attached hydrogen (secondary N) is 1. The number of hydrogen-bond acceptors (Lipinski definition) is 6. The maximum atomic E-state index is 13.1. The van der Waals surface area contributed by atoms with Crippen LogP contribution >= 0.6 is 23.2 Å². The maximum absolute atomic E-state index is 13.1. The second-order valence-corrected chi connectivity index (χ2v) is 9.64. The van der Waals surface area contributed by atoms with E-state index in [4.69, 9.17) is 23.2 Å². The highest BCUT2D eigenvalue weighted by Gasteiger charge is 2.39. The first kappa shape index (κ1) is 31.1. The molecule has 1 amide bonds. The summed E-state index contributed by atoms with van der Waals surface area (Å²) in [6.45, 7) is -2.27. The van der Waals surface area contributed by atoms with Crippen molar-refractivity contribution in [2.45, 2.75) is 38.0 Å². The van der Waals surface area contributed by atoms with Crippen LogP contribution in [0.4, 0.5) is 26.3 Å². The lowest BCUT2D eigenvalue weighted by Crippen LogP contribution is -2.37. The molecule has 2 aromatic heterocycles. The number of aliphatic hydroxyl groups is 1. The standard InChI is InChI=1S/C24H19Cl2F6N7O3/c25-14-6-4-13(5-7-14)20-36-38(22(42)37(20)10-17(40)24(30,31)32)11-18-34-12-39(35-18)19-15(2-1-3-16(19)26)21(41)33-9-8-23(27,28)29/h1-7,12,17,40H,8-11H2,(H,33,41)/t17-/m1/s1. The summed E-state index contributed by atoms with van der Waals surface area (Å²) >= 11 is 12.1. The molecule has 2 N–H and O–H groups in total. The number of amides is 1. The predicted molar refractivity (Wildman–Crippen MR) is 137 cm³/mol. The predicted octanol–water partition coefficient (Wildman–Crippen LogP) is 4.25. The van der Waals surface area contributed by atoms with Gasteiger partial charge in [-0.2, -0.15) is 26.3 Å². The molecule has 0 spiro atoms. The third kappa shape index (κ3) is 7.30. The highest BCUT2D eigenvalue weighted by atomic mass is 35.5. The summed E-state index contributed by atoms with van der Waals surface area (Å²) < 4.78 is 79.2. The van der Waals surface area contributed by atoms with Gasteiger partial charge in [-0.05, 0) is 36.4 Å². The lowest BCUT2D eigenvalue weighted by Gasteiger charge is -2.15. The lowest BCUT2D eigenvalue weighted by atomic mass is 10.1. The van der Waals surface area contributed by atoms with Gasteiger partial charge in [0.05, 0.1) is 29.2 Å². The summed E-state index contributed by atoms with van der Waals surface area (Å²) in [4.78, 5) is 29.7. The van der Waals surface area contributed by atoms with Crippen LogP contribution in [-0.4, -0.2) is 65.1 Å². The van der Waals surface area contributed by atoms with Gasteiger partial charge in [-0.1, -0.05) is 29.3 Å². The number of carbonyl (C=O) groups excluding carboxylic acids is 1. The fraction of sp³-hybridized carbons (Fsp3) is 0.292. The van der Waals surface area contributed by atoms with Gasteiger partial charge in [-0.3, -0.25) is 9.36 Å². The topological polar surface area (TPSA) is 120 Å². The SMILES string of the molecule is O=C(NCCC(F)(F)F)c1cccc(Cl)c1-n1cnc(Cn2nc(-c3ccc(Cl)cc3)n(C[C@@H](O)C(F)(F)F)c2=O)n1. The minimum atomic E-state index is -5.01. The molecule has 224 valence electrons. The summed E-state index contributed by atoms with van der Waals surface area (Å²) in [6.07, 6.45) is -12.5. The summed E-state index contributed by atoms with van der Waals surface area (Å²) in [6, 6.07) is 9.85. The first-order valence-electron chi connectivity index (χ1n) is 11.9. The molecule has 18 heteroatoms. The van der Waals surface area contributed by atoms with E-state index in [9.17, 15) is 41.0 Å². The zero-order valence-electron chi connectivity index (χ0n) is 21.0. The van der Waals surface area contributed by atoms with Gasteiger partial charge in [0.1, 0.15) is 12.9 Å². The van der Waals surface area contributed by atoms with E-state index in [1.54, 1.807) is 0 Å². The normalized spacial score (nSPS) is 12.9. The number of halogens is 8. The fourth-order valence-electron chi connectivity index (χ4n) is 3.75. The van der Waals surface area contributed by atoms with Crippen molar-refractivity contribution in [1.29, 1.82) is 0 Å². The van der Waals surface area contributed by atoms with E-state index in [1.807, 2.05) is 0 Å². The molecule has 4 aromatic rings. The minimum Gasteiger partial charge on any atom is -0.382 e.